The maximum absolute atomic E-state index is 12.8. The summed E-state index contributed by atoms with van der Waals surface area (Å²) in [6.07, 6.45) is 1.03. The van der Waals surface area contributed by atoms with Gasteiger partial charge < -0.3 is 20.4 Å². The molecule has 0 aliphatic heterocycles. The zero-order valence-corrected chi connectivity index (χ0v) is 19.7. The molecule has 0 atom stereocenters. The summed E-state index contributed by atoms with van der Waals surface area (Å²) in [5.74, 6) is -0.280. The van der Waals surface area contributed by atoms with Gasteiger partial charge in [0.25, 0.3) is 5.91 Å². The highest BCUT2D eigenvalue weighted by Gasteiger charge is 2.14. The fourth-order valence-electron chi connectivity index (χ4n) is 3.39. The molecular weight excluding hydrogens is 428 g/mol. The van der Waals surface area contributed by atoms with E-state index in [1.165, 1.54) is 0 Å². The molecule has 7 nitrogen and oxygen atoms in total. The number of carbonyl (C=O) groups is 3. The van der Waals surface area contributed by atoms with Crippen molar-refractivity contribution in [1.82, 2.24) is 4.90 Å². The molecule has 0 saturated carbocycles. The molecule has 3 rings (SSSR count). The second-order valence-electron chi connectivity index (χ2n) is 8.17. The fourth-order valence-corrected chi connectivity index (χ4v) is 3.39. The largest absolute Gasteiger partial charge is 0.376 e. The Bertz CT molecular complexity index is 1150. The molecule has 2 N–H and O–H groups in total. The highest BCUT2D eigenvalue weighted by atomic mass is 16.2. The topological polar surface area (TPSA) is 81.8 Å². The van der Waals surface area contributed by atoms with E-state index in [2.05, 4.69) is 10.6 Å². The normalized spacial score (nSPS) is 10.3. The van der Waals surface area contributed by atoms with E-state index >= 15 is 0 Å². The van der Waals surface area contributed by atoms with E-state index < -0.39 is 0 Å². The van der Waals surface area contributed by atoms with Gasteiger partial charge in [-0.1, -0.05) is 36.4 Å². The van der Waals surface area contributed by atoms with Gasteiger partial charge in [-0.2, -0.15) is 0 Å². The smallest absolute Gasteiger partial charge is 0.258 e. The molecule has 3 aromatic rings. The molecule has 0 fully saturated rings. The molecule has 0 radical (unpaired) electrons. The first-order chi connectivity index (χ1) is 16.3. The Hall–Kier alpha value is -4.13. The SMILES string of the molecule is CN(C)C(=O)CCc1cccc(NC(=O)CNc2cccc(C(=O)N(C)c3ccccc3)c2)c1. The molecule has 0 heterocycles. The van der Waals surface area contributed by atoms with E-state index in [1.807, 2.05) is 60.7 Å². The third-order valence-corrected chi connectivity index (χ3v) is 5.35. The number of carbonyl (C=O) groups excluding carboxylic acids is 3. The van der Waals surface area contributed by atoms with Crippen molar-refractivity contribution < 1.29 is 14.4 Å². The van der Waals surface area contributed by atoms with Crippen molar-refractivity contribution in [1.29, 1.82) is 0 Å². The minimum Gasteiger partial charge on any atom is -0.376 e. The van der Waals surface area contributed by atoms with Crippen molar-refractivity contribution in [2.75, 3.05) is 43.2 Å². The number of hydrogen-bond donors (Lipinski definition) is 2. The van der Waals surface area contributed by atoms with E-state index in [0.717, 1.165) is 11.3 Å². The standard InChI is InChI=1S/C27H30N4O3/c1-30(2)26(33)16-15-20-9-7-12-23(17-20)29-25(32)19-28-22-11-8-10-21(18-22)27(34)31(3)24-13-5-4-6-14-24/h4-14,17-18,28H,15-16,19H2,1-3H3,(H,29,32). The lowest BCUT2D eigenvalue weighted by Crippen LogP contribution is -2.26. The van der Waals surface area contributed by atoms with Crippen molar-refractivity contribution in [3.63, 3.8) is 0 Å². The molecular formula is C27H30N4O3. The van der Waals surface area contributed by atoms with Crippen LogP contribution in [0.1, 0.15) is 22.3 Å². The molecule has 0 unspecified atom stereocenters. The number of rotatable bonds is 9. The minimum atomic E-state index is -0.209. The second kappa shape index (κ2) is 11.7. The average Bonchev–Trinajstić information content (AvgIpc) is 2.86. The Morgan fingerprint density at radius 2 is 1.50 bits per heavy atom. The monoisotopic (exact) mass is 458 g/mol. The molecule has 34 heavy (non-hydrogen) atoms. The summed E-state index contributed by atoms with van der Waals surface area (Å²) in [4.78, 5) is 40.2. The van der Waals surface area contributed by atoms with Crippen LogP contribution in [0, 0.1) is 0 Å². The number of anilines is 3. The van der Waals surface area contributed by atoms with Gasteiger partial charge >= 0.3 is 0 Å². The number of benzene rings is 3. The van der Waals surface area contributed by atoms with Gasteiger partial charge in [-0.25, -0.2) is 0 Å². The summed E-state index contributed by atoms with van der Waals surface area (Å²) in [6, 6.07) is 24.0. The number of amides is 3. The van der Waals surface area contributed by atoms with Crippen molar-refractivity contribution in [2.24, 2.45) is 0 Å². The Morgan fingerprint density at radius 3 is 2.24 bits per heavy atom. The van der Waals surface area contributed by atoms with Gasteiger partial charge in [0.05, 0.1) is 6.54 Å². The van der Waals surface area contributed by atoms with Crippen LogP contribution in [0.3, 0.4) is 0 Å². The summed E-state index contributed by atoms with van der Waals surface area (Å²) < 4.78 is 0. The van der Waals surface area contributed by atoms with E-state index in [-0.39, 0.29) is 24.3 Å². The Labute approximate surface area is 200 Å². The van der Waals surface area contributed by atoms with Gasteiger partial charge in [-0.15, -0.1) is 0 Å². The summed E-state index contributed by atoms with van der Waals surface area (Å²) >= 11 is 0. The number of hydrogen-bond acceptors (Lipinski definition) is 4. The zero-order valence-electron chi connectivity index (χ0n) is 19.7. The molecule has 3 aromatic carbocycles. The number of aryl methyl sites for hydroxylation is 1. The summed E-state index contributed by atoms with van der Waals surface area (Å²) in [5.41, 5.74) is 3.67. The quantitative estimate of drug-likeness (QED) is 0.507. The van der Waals surface area contributed by atoms with Crippen LogP contribution in [0.2, 0.25) is 0 Å². The van der Waals surface area contributed by atoms with Crippen molar-refractivity contribution >= 4 is 34.8 Å². The van der Waals surface area contributed by atoms with Gasteiger partial charge in [-0.3, -0.25) is 14.4 Å². The predicted molar refractivity (Wildman–Crippen MR) is 136 cm³/mol. The van der Waals surface area contributed by atoms with Gasteiger partial charge in [0, 0.05) is 50.2 Å². The summed E-state index contributed by atoms with van der Waals surface area (Å²) in [5, 5.41) is 5.94. The highest BCUT2D eigenvalue weighted by molar-refractivity contribution is 6.06. The van der Waals surface area contributed by atoms with Crippen LogP contribution in [0.4, 0.5) is 17.1 Å². The summed E-state index contributed by atoms with van der Waals surface area (Å²) in [6.45, 7) is 0.0511. The van der Waals surface area contributed by atoms with Crippen LogP contribution >= 0.6 is 0 Å². The lowest BCUT2D eigenvalue weighted by molar-refractivity contribution is -0.128. The first-order valence-electron chi connectivity index (χ1n) is 11.1. The van der Waals surface area contributed by atoms with Gasteiger partial charge in [0.2, 0.25) is 11.8 Å². The Kier molecular flexibility index (Phi) is 8.40. The molecule has 0 bridgehead atoms. The molecule has 0 aliphatic rings. The van der Waals surface area contributed by atoms with Gasteiger partial charge in [0.15, 0.2) is 0 Å². The minimum absolute atomic E-state index is 0.0511. The Balaban J connectivity index is 1.55. The van der Waals surface area contributed by atoms with Gasteiger partial charge in [-0.05, 0) is 54.4 Å². The van der Waals surface area contributed by atoms with Crippen LogP contribution in [0.15, 0.2) is 78.9 Å². The lowest BCUT2D eigenvalue weighted by atomic mass is 10.1. The third-order valence-electron chi connectivity index (χ3n) is 5.35. The lowest BCUT2D eigenvalue weighted by Gasteiger charge is -2.18. The van der Waals surface area contributed by atoms with Crippen molar-refractivity contribution in [3.8, 4) is 0 Å². The molecule has 3 amide bonds. The van der Waals surface area contributed by atoms with E-state index in [1.54, 1.807) is 49.1 Å². The molecule has 0 spiro atoms. The maximum Gasteiger partial charge on any atom is 0.258 e. The van der Waals surface area contributed by atoms with E-state index in [4.69, 9.17) is 0 Å². The van der Waals surface area contributed by atoms with E-state index in [0.29, 0.717) is 29.8 Å². The summed E-state index contributed by atoms with van der Waals surface area (Å²) in [7, 11) is 5.20. The van der Waals surface area contributed by atoms with Crippen LogP contribution in [-0.4, -0.2) is 50.3 Å². The van der Waals surface area contributed by atoms with Crippen molar-refractivity contribution in [2.45, 2.75) is 12.8 Å². The molecule has 0 aliphatic carbocycles. The Morgan fingerprint density at radius 1 is 0.794 bits per heavy atom. The van der Waals surface area contributed by atoms with Crippen molar-refractivity contribution in [3.05, 3.63) is 90.0 Å². The van der Waals surface area contributed by atoms with Crippen LogP contribution < -0.4 is 15.5 Å². The predicted octanol–water partition coefficient (Wildman–Crippen LogP) is 4.03. The van der Waals surface area contributed by atoms with Crippen LogP contribution in [0.5, 0.6) is 0 Å². The van der Waals surface area contributed by atoms with Crippen LogP contribution in [-0.2, 0) is 16.0 Å². The van der Waals surface area contributed by atoms with E-state index in [9.17, 15) is 14.4 Å². The second-order valence-corrected chi connectivity index (χ2v) is 8.17. The number of para-hydroxylation sites is 1. The first-order valence-corrected chi connectivity index (χ1v) is 11.1. The zero-order chi connectivity index (χ0) is 24.5. The maximum atomic E-state index is 12.8. The first kappa shape index (κ1) is 24.5. The average molecular weight is 459 g/mol. The third kappa shape index (κ3) is 6.93. The number of nitrogens with one attached hydrogen (secondary N) is 2. The molecule has 0 saturated heterocycles. The molecule has 0 aromatic heterocycles. The fraction of sp³-hybridized carbons (Fsp3) is 0.222. The van der Waals surface area contributed by atoms with Crippen LogP contribution in [0.25, 0.3) is 0 Å². The molecule has 7 heteroatoms. The molecule has 176 valence electrons. The number of nitrogens with zero attached hydrogens (tertiary/aromatic N) is 2. The van der Waals surface area contributed by atoms with Gasteiger partial charge in [0.1, 0.15) is 0 Å². The highest BCUT2D eigenvalue weighted by Crippen LogP contribution is 2.18.